The number of nitrogens with one attached hydrogen (secondary N) is 1. The summed E-state index contributed by atoms with van der Waals surface area (Å²) in [5, 5.41) is 15.3. The topological polar surface area (TPSA) is 70.6 Å². The molecule has 0 bridgehead atoms. The molecular formula is C17H29N3O. The van der Waals surface area contributed by atoms with Crippen LogP contribution in [0.1, 0.15) is 51.2 Å². The summed E-state index contributed by atoms with van der Waals surface area (Å²) in [4.78, 5) is 0. The Balaban J connectivity index is 2.24. The van der Waals surface area contributed by atoms with Crippen molar-refractivity contribution in [3.63, 3.8) is 0 Å². The number of nitrogens with two attached hydrogens (primary N) is 1. The van der Waals surface area contributed by atoms with Gasteiger partial charge in [-0.05, 0) is 36.9 Å². The Labute approximate surface area is 128 Å². The Bertz CT molecular complexity index is 455. The standard InChI is InChI=1S/C17H29N3O/c1-4-14-9-5-6-10-15(14)13-19-12-8-7-11-17(2,3)16(18)20-21/h5-6,9-10,19,21H,4,7-8,11-13H2,1-3H3,(H2,18,20). The van der Waals surface area contributed by atoms with Crippen LogP contribution in [0, 0.1) is 5.41 Å². The molecule has 0 aliphatic carbocycles. The predicted molar refractivity (Wildman–Crippen MR) is 88.6 cm³/mol. The number of hydrogen-bond donors (Lipinski definition) is 3. The molecule has 4 heteroatoms. The smallest absolute Gasteiger partial charge is 0.144 e. The van der Waals surface area contributed by atoms with Gasteiger partial charge in [0.1, 0.15) is 5.84 Å². The maximum Gasteiger partial charge on any atom is 0.144 e. The molecule has 0 atom stereocenters. The van der Waals surface area contributed by atoms with Crippen LogP contribution in [-0.4, -0.2) is 17.6 Å². The van der Waals surface area contributed by atoms with E-state index in [1.807, 2.05) is 13.8 Å². The first kappa shape index (κ1) is 17.5. The van der Waals surface area contributed by atoms with Crippen molar-refractivity contribution in [2.75, 3.05) is 6.54 Å². The van der Waals surface area contributed by atoms with Gasteiger partial charge in [0, 0.05) is 12.0 Å². The summed E-state index contributed by atoms with van der Waals surface area (Å²) < 4.78 is 0. The first-order valence-electron chi connectivity index (χ1n) is 7.76. The Morgan fingerprint density at radius 3 is 2.52 bits per heavy atom. The van der Waals surface area contributed by atoms with E-state index in [1.165, 1.54) is 11.1 Å². The largest absolute Gasteiger partial charge is 0.409 e. The second-order valence-electron chi connectivity index (χ2n) is 6.13. The number of unbranched alkanes of at least 4 members (excludes halogenated alkanes) is 1. The van der Waals surface area contributed by atoms with Gasteiger partial charge in [-0.2, -0.15) is 0 Å². The van der Waals surface area contributed by atoms with Gasteiger partial charge in [-0.25, -0.2) is 0 Å². The van der Waals surface area contributed by atoms with E-state index in [0.717, 1.165) is 38.8 Å². The van der Waals surface area contributed by atoms with E-state index in [-0.39, 0.29) is 5.41 Å². The van der Waals surface area contributed by atoms with Crippen molar-refractivity contribution in [1.29, 1.82) is 0 Å². The molecule has 1 aromatic carbocycles. The maximum atomic E-state index is 8.74. The summed E-state index contributed by atoms with van der Waals surface area (Å²) in [6, 6.07) is 8.57. The third-order valence-electron chi connectivity index (χ3n) is 4.02. The van der Waals surface area contributed by atoms with Crippen molar-refractivity contribution < 1.29 is 5.21 Å². The first-order valence-corrected chi connectivity index (χ1v) is 7.76. The molecule has 21 heavy (non-hydrogen) atoms. The number of amidine groups is 1. The van der Waals surface area contributed by atoms with Crippen LogP contribution >= 0.6 is 0 Å². The van der Waals surface area contributed by atoms with E-state index >= 15 is 0 Å². The van der Waals surface area contributed by atoms with Crippen molar-refractivity contribution in [2.24, 2.45) is 16.3 Å². The molecule has 118 valence electrons. The lowest BCUT2D eigenvalue weighted by Gasteiger charge is -2.22. The Morgan fingerprint density at radius 1 is 1.24 bits per heavy atom. The molecule has 0 heterocycles. The van der Waals surface area contributed by atoms with E-state index in [9.17, 15) is 0 Å². The summed E-state index contributed by atoms with van der Waals surface area (Å²) in [7, 11) is 0. The highest BCUT2D eigenvalue weighted by molar-refractivity contribution is 5.85. The zero-order chi connectivity index (χ0) is 15.7. The van der Waals surface area contributed by atoms with Gasteiger partial charge in [0.25, 0.3) is 0 Å². The van der Waals surface area contributed by atoms with Gasteiger partial charge in [0.05, 0.1) is 0 Å². The average molecular weight is 291 g/mol. The summed E-state index contributed by atoms with van der Waals surface area (Å²) in [5.74, 6) is 0.312. The molecule has 0 unspecified atom stereocenters. The second kappa shape index (κ2) is 8.67. The van der Waals surface area contributed by atoms with Gasteiger partial charge in [0.2, 0.25) is 0 Å². The highest BCUT2D eigenvalue weighted by atomic mass is 16.4. The number of oxime groups is 1. The molecule has 1 aromatic rings. The predicted octanol–water partition coefficient (Wildman–Crippen LogP) is 3.28. The van der Waals surface area contributed by atoms with Gasteiger partial charge < -0.3 is 16.3 Å². The zero-order valence-corrected chi connectivity index (χ0v) is 13.5. The van der Waals surface area contributed by atoms with Crippen LogP contribution in [-0.2, 0) is 13.0 Å². The van der Waals surface area contributed by atoms with Gasteiger partial charge in [-0.15, -0.1) is 0 Å². The Morgan fingerprint density at radius 2 is 1.90 bits per heavy atom. The van der Waals surface area contributed by atoms with Crippen LogP contribution in [0.25, 0.3) is 0 Å². The summed E-state index contributed by atoms with van der Waals surface area (Å²) in [6.45, 7) is 8.12. The third-order valence-corrected chi connectivity index (χ3v) is 4.02. The van der Waals surface area contributed by atoms with Crippen LogP contribution in [0.4, 0.5) is 0 Å². The molecule has 0 radical (unpaired) electrons. The molecule has 4 nitrogen and oxygen atoms in total. The van der Waals surface area contributed by atoms with Crippen molar-refractivity contribution >= 4 is 5.84 Å². The fourth-order valence-corrected chi connectivity index (χ4v) is 2.38. The minimum atomic E-state index is -0.233. The number of benzene rings is 1. The van der Waals surface area contributed by atoms with Crippen LogP contribution in [0.3, 0.4) is 0 Å². The molecule has 0 aliphatic rings. The lowest BCUT2D eigenvalue weighted by molar-refractivity contribution is 0.304. The molecule has 0 saturated carbocycles. The van der Waals surface area contributed by atoms with Crippen molar-refractivity contribution in [2.45, 2.75) is 53.0 Å². The lowest BCUT2D eigenvalue weighted by Crippen LogP contribution is -2.32. The van der Waals surface area contributed by atoms with Crippen LogP contribution in [0.2, 0.25) is 0 Å². The minimum absolute atomic E-state index is 0.233. The van der Waals surface area contributed by atoms with Gasteiger partial charge >= 0.3 is 0 Å². The van der Waals surface area contributed by atoms with E-state index < -0.39 is 0 Å². The summed E-state index contributed by atoms with van der Waals surface area (Å²) in [5.41, 5.74) is 8.25. The van der Waals surface area contributed by atoms with Gasteiger partial charge in [-0.1, -0.05) is 56.6 Å². The molecule has 1 rings (SSSR count). The maximum absolute atomic E-state index is 8.74. The molecule has 0 fully saturated rings. The van der Waals surface area contributed by atoms with E-state index in [0.29, 0.717) is 5.84 Å². The SMILES string of the molecule is CCc1ccccc1CNCCCCC(C)(C)/C(N)=N/O. The second-order valence-corrected chi connectivity index (χ2v) is 6.13. The Kier molecular flexibility index (Phi) is 7.23. The molecule has 0 amide bonds. The first-order chi connectivity index (χ1) is 10.0. The highest BCUT2D eigenvalue weighted by Crippen LogP contribution is 2.23. The fraction of sp³-hybridized carbons (Fsp3) is 0.588. The van der Waals surface area contributed by atoms with Crippen LogP contribution in [0.5, 0.6) is 0 Å². The molecule has 0 spiro atoms. The monoisotopic (exact) mass is 291 g/mol. The normalized spacial score (nSPS) is 12.6. The third kappa shape index (κ3) is 5.76. The van der Waals surface area contributed by atoms with Crippen molar-refractivity contribution in [3.05, 3.63) is 35.4 Å². The van der Waals surface area contributed by atoms with Crippen molar-refractivity contribution in [3.8, 4) is 0 Å². The van der Waals surface area contributed by atoms with Crippen molar-refractivity contribution in [1.82, 2.24) is 5.32 Å². The number of hydrogen-bond acceptors (Lipinski definition) is 3. The molecular weight excluding hydrogens is 262 g/mol. The number of aryl methyl sites for hydroxylation is 1. The van der Waals surface area contributed by atoms with Gasteiger partial charge in [-0.3, -0.25) is 0 Å². The number of rotatable bonds is 9. The van der Waals surface area contributed by atoms with E-state index in [4.69, 9.17) is 10.9 Å². The van der Waals surface area contributed by atoms with E-state index in [1.54, 1.807) is 0 Å². The van der Waals surface area contributed by atoms with Crippen LogP contribution in [0.15, 0.2) is 29.4 Å². The Hall–Kier alpha value is -1.55. The van der Waals surface area contributed by atoms with Gasteiger partial charge in [0.15, 0.2) is 0 Å². The quantitative estimate of drug-likeness (QED) is 0.215. The molecule has 0 aromatic heterocycles. The summed E-state index contributed by atoms with van der Waals surface area (Å²) in [6.07, 6.45) is 4.16. The summed E-state index contributed by atoms with van der Waals surface area (Å²) >= 11 is 0. The molecule has 0 aliphatic heterocycles. The van der Waals surface area contributed by atoms with E-state index in [2.05, 4.69) is 41.7 Å². The zero-order valence-electron chi connectivity index (χ0n) is 13.5. The minimum Gasteiger partial charge on any atom is -0.409 e. The van der Waals surface area contributed by atoms with Crippen LogP contribution < -0.4 is 11.1 Å². The molecule has 0 saturated heterocycles. The molecule has 4 N–H and O–H groups in total. The lowest BCUT2D eigenvalue weighted by atomic mass is 9.86. The number of nitrogens with zero attached hydrogens (tertiary/aromatic N) is 1. The highest BCUT2D eigenvalue weighted by Gasteiger charge is 2.22. The average Bonchev–Trinajstić information content (AvgIpc) is 2.50. The fourth-order valence-electron chi connectivity index (χ4n) is 2.38.